The van der Waals surface area contributed by atoms with E-state index in [4.69, 9.17) is 0 Å². The maximum atomic E-state index is 12.6. The van der Waals surface area contributed by atoms with Gasteiger partial charge in [-0.05, 0) is 12.1 Å². The van der Waals surface area contributed by atoms with Crippen LogP contribution in [0, 0.1) is 0 Å². The predicted molar refractivity (Wildman–Crippen MR) is 89.4 cm³/mol. The van der Waals surface area contributed by atoms with Gasteiger partial charge in [0.15, 0.2) is 5.82 Å². The molecule has 1 aliphatic heterocycles. The van der Waals surface area contributed by atoms with Crippen molar-refractivity contribution in [2.75, 3.05) is 26.2 Å². The predicted octanol–water partition coefficient (Wildman–Crippen LogP) is 0.204. The van der Waals surface area contributed by atoms with Crippen molar-refractivity contribution < 1.29 is 14.7 Å². The molecule has 1 saturated heterocycles. The first-order valence-corrected chi connectivity index (χ1v) is 8.00. The van der Waals surface area contributed by atoms with E-state index in [0.29, 0.717) is 24.5 Å². The van der Waals surface area contributed by atoms with Crippen LogP contribution in [0.3, 0.4) is 0 Å². The van der Waals surface area contributed by atoms with Gasteiger partial charge in [0.25, 0.3) is 5.91 Å². The van der Waals surface area contributed by atoms with Gasteiger partial charge in [0, 0.05) is 63.5 Å². The van der Waals surface area contributed by atoms with Gasteiger partial charge >= 0.3 is 0 Å². The third kappa shape index (κ3) is 3.97. The second kappa shape index (κ2) is 7.35. The number of aliphatic hydroxyl groups is 1. The first-order valence-electron chi connectivity index (χ1n) is 8.00. The van der Waals surface area contributed by atoms with Gasteiger partial charge in [-0.3, -0.25) is 14.6 Å². The Kier molecular flexibility index (Phi) is 4.99. The van der Waals surface area contributed by atoms with Crippen LogP contribution in [0.4, 0.5) is 0 Å². The summed E-state index contributed by atoms with van der Waals surface area (Å²) in [5.41, 5.74) is 1.11. The molecular formula is C17H19N5O3. The summed E-state index contributed by atoms with van der Waals surface area (Å²) in [6, 6.07) is 3.63. The molecule has 8 nitrogen and oxygen atoms in total. The lowest BCUT2D eigenvalue weighted by molar-refractivity contribution is -0.129. The Morgan fingerprint density at radius 3 is 2.44 bits per heavy atom. The molecule has 2 aromatic rings. The number of carbonyl (C=O) groups excluding carboxylic acids is 2. The summed E-state index contributed by atoms with van der Waals surface area (Å²) >= 11 is 0. The lowest BCUT2D eigenvalue weighted by Crippen LogP contribution is -2.37. The van der Waals surface area contributed by atoms with Crippen molar-refractivity contribution in [3.8, 4) is 11.4 Å². The smallest absolute Gasteiger partial charge is 0.257 e. The van der Waals surface area contributed by atoms with Crippen molar-refractivity contribution in [2.24, 2.45) is 0 Å². The van der Waals surface area contributed by atoms with E-state index in [1.807, 2.05) is 6.07 Å². The SMILES string of the molecule is CC(=O)N1CCN(C(=O)c2cnc(-c3cccnc3)nc2)CC(O)C1. The molecule has 2 aromatic heterocycles. The average molecular weight is 341 g/mol. The minimum atomic E-state index is -0.772. The first-order chi connectivity index (χ1) is 12.0. The molecule has 0 aliphatic carbocycles. The zero-order valence-electron chi connectivity index (χ0n) is 13.9. The van der Waals surface area contributed by atoms with E-state index in [2.05, 4.69) is 15.0 Å². The molecular weight excluding hydrogens is 322 g/mol. The third-order valence-electron chi connectivity index (χ3n) is 4.05. The Hall–Kier alpha value is -2.87. The molecule has 1 aliphatic rings. The van der Waals surface area contributed by atoms with Crippen molar-refractivity contribution in [3.63, 3.8) is 0 Å². The fourth-order valence-electron chi connectivity index (χ4n) is 2.73. The molecule has 3 rings (SSSR count). The lowest BCUT2D eigenvalue weighted by Gasteiger charge is -2.21. The molecule has 3 heterocycles. The highest BCUT2D eigenvalue weighted by molar-refractivity contribution is 5.93. The number of pyridine rings is 1. The van der Waals surface area contributed by atoms with Gasteiger partial charge in [0.05, 0.1) is 11.7 Å². The summed E-state index contributed by atoms with van der Waals surface area (Å²) in [5, 5.41) is 10.0. The van der Waals surface area contributed by atoms with Gasteiger partial charge in [0.1, 0.15) is 0 Å². The van der Waals surface area contributed by atoms with E-state index in [-0.39, 0.29) is 24.9 Å². The van der Waals surface area contributed by atoms with Crippen molar-refractivity contribution >= 4 is 11.8 Å². The van der Waals surface area contributed by atoms with Gasteiger partial charge in [0.2, 0.25) is 5.91 Å². The summed E-state index contributed by atoms with van der Waals surface area (Å²) in [6.45, 7) is 2.62. The summed E-state index contributed by atoms with van der Waals surface area (Å²) in [6.07, 6.45) is 5.48. The largest absolute Gasteiger partial charge is 0.389 e. The fourth-order valence-corrected chi connectivity index (χ4v) is 2.73. The van der Waals surface area contributed by atoms with Crippen LogP contribution in [0.2, 0.25) is 0 Å². The molecule has 25 heavy (non-hydrogen) atoms. The zero-order chi connectivity index (χ0) is 17.8. The first kappa shape index (κ1) is 17.0. The number of hydrogen-bond donors (Lipinski definition) is 1. The van der Waals surface area contributed by atoms with Crippen LogP contribution in [0.1, 0.15) is 17.3 Å². The van der Waals surface area contributed by atoms with Crippen LogP contribution in [-0.4, -0.2) is 74.0 Å². The van der Waals surface area contributed by atoms with E-state index in [1.54, 1.807) is 23.4 Å². The van der Waals surface area contributed by atoms with Crippen LogP contribution >= 0.6 is 0 Å². The fraction of sp³-hybridized carbons (Fsp3) is 0.353. The highest BCUT2D eigenvalue weighted by Gasteiger charge is 2.26. The molecule has 0 radical (unpaired) electrons. The molecule has 8 heteroatoms. The van der Waals surface area contributed by atoms with Crippen LogP contribution in [0.15, 0.2) is 36.9 Å². The second-order valence-electron chi connectivity index (χ2n) is 5.91. The molecule has 1 N–H and O–H groups in total. The van der Waals surface area contributed by atoms with Crippen molar-refractivity contribution in [1.82, 2.24) is 24.8 Å². The Bertz CT molecular complexity index is 751. The van der Waals surface area contributed by atoms with Crippen LogP contribution < -0.4 is 0 Å². The number of β-amino-alcohol motifs (C(OH)–C–C–N with tert-alkyl or cyclic N) is 1. The van der Waals surface area contributed by atoms with E-state index in [0.717, 1.165) is 5.56 Å². The quantitative estimate of drug-likeness (QED) is 0.838. The number of carbonyl (C=O) groups is 2. The standard InChI is InChI=1S/C17H19N5O3/c1-12(23)21-5-6-22(11-15(24)10-21)17(25)14-8-19-16(20-9-14)13-3-2-4-18-7-13/h2-4,7-9,15,24H,5-6,10-11H2,1H3. The molecule has 0 aromatic carbocycles. The lowest BCUT2D eigenvalue weighted by atomic mass is 10.2. The number of nitrogens with zero attached hydrogens (tertiary/aromatic N) is 5. The van der Waals surface area contributed by atoms with Crippen LogP contribution in [-0.2, 0) is 4.79 Å². The molecule has 1 unspecified atom stereocenters. The highest BCUT2D eigenvalue weighted by Crippen LogP contribution is 2.14. The molecule has 0 saturated carbocycles. The molecule has 0 bridgehead atoms. The molecule has 130 valence electrons. The molecule has 1 atom stereocenters. The van der Waals surface area contributed by atoms with Crippen molar-refractivity contribution in [2.45, 2.75) is 13.0 Å². The van der Waals surface area contributed by atoms with Gasteiger partial charge in [-0.15, -0.1) is 0 Å². The summed E-state index contributed by atoms with van der Waals surface area (Å²) in [4.78, 5) is 39.7. The summed E-state index contributed by atoms with van der Waals surface area (Å²) < 4.78 is 0. The van der Waals surface area contributed by atoms with E-state index < -0.39 is 6.10 Å². The number of aliphatic hydroxyl groups excluding tert-OH is 1. The summed E-state index contributed by atoms with van der Waals surface area (Å²) in [7, 11) is 0. The zero-order valence-corrected chi connectivity index (χ0v) is 13.9. The van der Waals surface area contributed by atoms with E-state index >= 15 is 0 Å². The minimum Gasteiger partial charge on any atom is -0.389 e. The van der Waals surface area contributed by atoms with E-state index in [1.165, 1.54) is 24.2 Å². The monoisotopic (exact) mass is 341 g/mol. The number of aromatic nitrogens is 3. The minimum absolute atomic E-state index is 0.113. The number of amides is 2. The molecule has 1 fully saturated rings. The van der Waals surface area contributed by atoms with Gasteiger partial charge < -0.3 is 14.9 Å². The maximum Gasteiger partial charge on any atom is 0.257 e. The number of hydrogen-bond acceptors (Lipinski definition) is 6. The Morgan fingerprint density at radius 2 is 1.80 bits per heavy atom. The summed E-state index contributed by atoms with van der Waals surface area (Å²) in [5.74, 6) is 0.114. The number of rotatable bonds is 2. The Balaban J connectivity index is 1.73. The van der Waals surface area contributed by atoms with E-state index in [9.17, 15) is 14.7 Å². The van der Waals surface area contributed by atoms with Gasteiger partial charge in [-0.1, -0.05) is 0 Å². The Labute approximate surface area is 145 Å². The van der Waals surface area contributed by atoms with Crippen molar-refractivity contribution in [3.05, 3.63) is 42.5 Å². The highest BCUT2D eigenvalue weighted by atomic mass is 16.3. The van der Waals surface area contributed by atoms with Crippen LogP contribution in [0.5, 0.6) is 0 Å². The molecule has 0 spiro atoms. The van der Waals surface area contributed by atoms with Crippen molar-refractivity contribution in [1.29, 1.82) is 0 Å². The Morgan fingerprint density at radius 1 is 1.12 bits per heavy atom. The normalized spacial score (nSPS) is 17.9. The molecule has 2 amide bonds. The maximum absolute atomic E-state index is 12.6. The van der Waals surface area contributed by atoms with Crippen LogP contribution in [0.25, 0.3) is 11.4 Å². The third-order valence-corrected chi connectivity index (χ3v) is 4.05. The van der Waals surface area contributed by atoms with Gasteiger partial charge in [-0.2, -0.15) is 0 Å². The second-order valence-corrected chi connectivity index (χ2v) is 5.91. The van der Waals surface area contributed by atoms with Gasteiger partial charge in [-0.25, -0.2) is 9.97 Å². The average Bonchev–Trinajstić information content (AvgIpc) is 2.84. The topological polar surface area (TPSA) is 99.5 Å².